The van der Waals surface area contributed by atoms with E-state index < -0.39 is 29.8 Å². The van der Waals surface area contributed by atoms with Crippen LogP contribution in [-0.2, 0) is 17.5 Å². The second-order valence-corrected chi connectivity index (χ2v) is 6.58. The minimum Gasteiger partial charge on any atom is -0.324 e. The van der Waals surface area contributed by atoms with Crippen LogP contribution in [0, 0.1) is 6.92 Å². The summed E-state index contributed by atoms with van der Waals surface area (Å²) in [5.74, 6) is -0.595. The van der Waals surface area contributed by atoms with Crippen LogP contribution in [0.4, 0.5) is 18.9 Å². The Morgan fingerprint density at radius 3 is 2.76 bits per heavy atom. The van der Waals surface area contributed by atoms with E-state index in [1.54, 1.807) is 18.2 Å². The van der Waals surface area contributed by atoms with Crippen LogP contribution < -0.4 is 10.9 Å². The maximum Gasteiger partial charge on any atom is 0.417 e. The van der Waals surface area contributed by atoms with Crippen molar-refractivity contribution in [1.29, 1.82) is 0 Å². The van der Waals surface area contributed by atoms with E-state index in [4.69, 9.17) is 0 Å². The molecule has 9 heteroatoms. The molecule has 2 aromatic heterocycles. The molecule has 0 unspecified atom stereocenters. The first-order chi connectivity index (χ1) is 11.7. The van der Waals surface area contributed by atoms with Crippen LogP contribution >= 0.6 is 11.3 Å². The Morgan fingerprint density at radius 1 is 1.28 bits per heavy atom. The monoisotopic (exact) mass is 367 g/mol. The zero-order chi connectivity index (χ0) is 18.2. The van der Waals surface area contributed by atoms with E-state index in [9.17, 15) is 22.8 Å². The highest BCUT2D eigenvalue weighted by Crippen LogP contribution is 2.28. The van der Waals surface area contributed by atoms with Gasteiger partial charge in [0.05, 0.1) is 20.8 Å². The molecular weight excluding hydrogens is 355 g/mol. The van der Waals surface area contributed by atoms with Crippen LogP contribution in [-0.4, -0.2) is 15.5 Å². The Bertz CT molecular complexity index is 1010. The number of hydrogen-bond acceptors (Lipinski definition) is 4. The fourth-order valence-corrected chi connectivity index (χ4v) is 3.16. The van der Waals surface area contributed by atoms with E-state index in [0.29, 0.717) is 18.0 Å². The number of alkyl halides is 3. The Hall–Kier alpha value is -2.68. The van der Waals surface area contributed by atoms with Gasteiger partial charge in [-0.05, 0) is 31.2 Å². The lowest BCUT2D eigenvalue weighted by molar-refractivity contribution is -0.138. The summed E-state index contributed by atoms with van der Waals surface area (Å²) >= 11 is 1.46. The molecule has 130 valence electrons. The van der Waals surface area contributed by atoms with Gasteiger partial charge in [-0.15, -0.1) is 11.3 Å². The number of anilines is 1. The summed E-state index contributed by atoms with van der Waals surface area (Å²) in [6, 6.07) is 6.60. The van der Waals surface area contributed by atoms with Gasteiger partial charge >= 0.3 is 6.18 Å². The molecule has 25 heavy (non-hydrogen) atoms. The number of benzene rings is 1. The number of halogens is 3. The van der Waals surface area contributed by atoms with Gasteiger partial charge in [-0.3, -0.25) is 9.59 Å². The summed E-state index contributed by atoms with van der Waals surface area (Å²) in [7, 11) is 0. The molecule has 0 bridgehead atoms. The molecule has 0 aliphatic carbocycles. The highest BCUT2D eigenvalue weighted by atomic mass is 32.1. The SMILES string of the molecule is Cc1nc2ccc(NC(=O)Cn3cc(C(F)(F)F)ccc3=O)cc2s1. The maximum absolute atomic E-state index is 12.7. The first-order valence-corrected chi connectivity index (χ1v) is 7.99. The molecule has 0 atom stereocenters. The normalized spacial score (nSPS) is 11.7. The number of rotatable bonds is 3. The molecule has 5 nitrogen and oxygen atoms in total. The molecular formula is C16H12F3N3O2S. The fourth-order valence-electron chi connectivity index (χ4n) is 2.30. The van der Waals surface area contributed by atoms with Crippen LogP contribution in [0.2, 0.25) is 0 Å². The molecule has 3 rings (SSSR count). The number of fused-ring (bicyclic) bond motifs is 1. The van der Waals surface area contributed by atoms with E-state index in [-0.39, 0.29) is 0 Å². The van der Waals surface area contributed by atoms with Crippen molar-refractivity contribution in [3.63, 3.8) is 0 Å². The van der Waals surface area contributed by atoms with Gasteiger partial charge in [0.2, 0.25) is 5.91 Å². The summed E-state index contributed by atoms with van der Waals surface area (Å²) < 4.78 is 39.8. The van der Waals surface area contributed by atoms with Crippen molar-refractivity contribution in [2.45, 2.75) is 19.6 Å². The van der Waals surface area contributed by atoms with E-state index in [2.05, 4.69) is 10.3 Å². The fraction of sp³-hybridized carbons (Fsp3) is 0.188. The Kier molecular flexibility index (Phi) is 4.34. The van der Waals surface area contributed by atoms with Crippen molar-refractivity contribution in [3.05, 3.63) is 57.5 Å². The number of carbonyl (C=O) groups is 1. The quantitative estimate of drug-likeness (QED) is 0.771. The van der Waals surface area contributed by atoms with Crippen molar-refractivity contribution >= 4 is 33.1 Å². The predicted molar refractivity (Wildman–Crippen MR) is 88.7 cm³/mol. The molecule has 1 amide bonds. The van der Waals surface area contributed by atoms with Crippen LogP contribution in [0.1, 0.15) is 10.6 Å². The summed E-state index contributed by atoms with van der Waals surface area (Å²) in [4.78, 5) is 28.0. The second kappa shape index (κ2) is 6.32. The lowest BCUT2D eigenvalue weighted by Crippen LogP contribution is -2.28. The van der Waals surface area contributed by atoms with Crippen LogP contribution in [0.15, 0.2) is 41.3 Å². The largest absolute Gasteiger partial charge is 0.417 e. The van der Waals surface area contributed by atoms with Gasteiger partial charge in [0.1, 0.15) is 6.54 Å². The molecule has 2 heterocycles. The molecule has 1 aromatic carbocycles. The molecule has 0 spiro atoms. The lowest BCUT2D eigenvalue weighted by atomic mass is 10.2. The minimum atomic E-state index is -4.58. The topological polar surface area (TPSA) is 64.0 Å². The Labute approximate surface area is 143 Å². The highest BCUT2D eigenvalue weighted by molar-refractivity contribution is 7.18. The third-order valence-corrected chi connectivity index (χ3v) is 4.34. The van der Waals surface area contributed by atoms with Gasteiger partial charge in [0.25, 0.3) is 5.56 Å². The average molecular weight is 367 g/mol. The van der Waals surface area contributed by atoms with E-state index in [1.807, 2.05) is 6.92 Å². The van der Waals surface area contributed by atoms with Crippen LogP contribution in [0.3, 0.4) is 0 Å². The van der Waals surface area contributed by atoms with Gasteiger partial charge in [0, 0.05) is 18.0 Å². The minimum absolute atomic E-state index is 0.487. The van der Waals surface area contributed by atoms with Crippen LogP contribution in [0.25, 0.3) is 10.2 Å². The Morgan fingerprint density at radius 2 is 2.04 bits per heavy atom. The summed E-state index contributed by atoms with van der Waals surface area (Å²) in [6.45, 7) is 1.35. The summed E-state index contributed by atoms with van der Waals surface area (Å²) in [5, 5.41) is 3.46. The van der Waals surface area contributed by atoms with Crippen LogP contribution in [0.5, 0.6) is 0 Å². The van der Waals surface area contributed by atoms with Gasteiger partial charge < -0.3 is 9.88 Å². The molecule has 1 N–H and O–H groups in total. The Balaban J connectivity index is 1.78. The molecule has 0 aliphatic heterocycles. The zero-order valence-electron chi connectivity index (χ0n) is 12.9. The number of nitrogens with zero attached hydrogens (tertiary/aromatic N) is 2. The standard InChI is InChI=1S/C16H12F3N3O2S/c1-9-20-12-4-3-11(6-13(12)25-9)21-14(23)8-22-7-10(16(17,18)19)2-5-15(22)24/h2-7H,8H2,1H3,(H,21,23). The first-order valence-electron chi connectivity index (χ1n) is 7.17. The highest BCUT2D eigenvalue weighted by Gasteiger charge is 2.31. The van der Waals surface area contributed by atoms with Gasteiger partial charge in [0.15, 0.2) is 0 Å². The first kappa shape index (κ1) is 17.2. The van der Waals surface area contributed by atoms with E-state index in [0.717, 1.165) is 25.9 Å². The number of thiazole rings is 1. The number of hydrogen-bond donors (Lipinski definition) is 1. The molecule has 0 saturated heterocycles. The second-order valence-electron chi connectivity index (χ2n) is 5.35. The number of pyridine rings is 1. The third kappa shape index (κ3) is 3.87. The number of nitrogens with one attached hydrogen (secondary N) is 1. The number of carbonyl (C=O) groups excluding carboxylic acids is 1. The van der Waals surface area contributed by atoms with Crippen molar-refractivity contribution in [2.24, 2.45) is 0 Å². The summed E-state index contributed by atoms with van der Waals surface area (Å²) in [6.07, 6.45) is -3.95. The molecule has 0 fully saturated rings. The number of amides is 1. The zero-order valence-corrected chi connectivity index (χ0v) is 13.7. The molecule has 0 aliphatic rings. The molecule has 0 saturated carbocycles. The van der Waals surface area contributed by atoms with E-state index in [1.165, 1.54) is 11.3 Å². The smallest absolute Gasteiger partial charge is 0.324 e. The average Bonchev–Trinajstić information content (AvgIpc) is 2.87. The van der Waals surface area contributed by atoms with Crippen molar-refractivity contribution in [3.8, 4) is 0 Å². The number of aryl methyl sites for hydroxylation is 1. The maximum atomic E-state index is 12.7. The molecule has 0 radical (unpaired) electrons. The summed E-state index contributed by atoms with van der Waals surface area (Å²) in [5.41, 5.74) is -0.381. The van der Waals surface area contributed by atoms with E-state index >= 15 is 0 Å². The van der Waals surface area contributed by atoms with Gasteiger partial charge in [-0.25, -0.2) is 4.98 Å². The molecule has 3 aromatic rings. The predicted octanol–water partition coefficient (Wildman–Crippen LogP) is 3.42. The lowest BCUT2D eigenvalue weighted by Gasteiger charge is -2.11. The van der Waals surface area contributed by atoms with Gasteiger partial charge in [-0.1, -0.05) is 0 Å². The van der Waals surface area contributed by atoms with Gasteiger partial charge in [-0.2, -0.15) is 13.2 Å². The van der Waals surface area contributed by atoms with Crippen molar-refractivity contribution in [2.75, 3.05) is 5.32 Å². The van der Waals surface area contributed by atoms with Crippen molar-refractivity contribution < 1.29 is 18.0 Å². The number of aromatic nitrogens is 2. The van der Waals surface area contributed by atoms with Crippen molar-refractivity contribution in [1.82, 2.24) is 9.55 Å². The third-order valence-electron chi connectivity index (χ3n) is 3.40.